The Hall–Kier alpha value is -0.780. The molecule has 0 radical (unpaired) electrons. The van der Waals surface area contributed by atoms with Crippen molar-refractivity contribution >= 4 is 11.6 Å². The molecule has 5 heteroatoms. The first-order valence-corrected chi connectivity index (χ1v) is 11.7. The molecule has 4 fully saturated rings. The van der Waals surface area contributed by atoms with Gasteiger partial charge in [-0.2, -0.15) is 0 Å². The van der Waals surface area contributed by atoms with Crippen molar-refractivity contribution < 1.29 is 24.9 Å². The van der Waals surface area contributed by atoms with Gasteiger partial charge in [0, 0.05) is 30.1 Å². The number of unbranched alkanes of at least 4 members (excludes halogenated alkanes) is 1. The van der Waals surface area contributed by atoms with Crippen LogP contribution < -0.4 is 0 Å². The topological polar surface area (TPSA) is 94.8 Å². The van der Waals surface area contributed by atoms with Crippen LogP contribution in [0.25, 0.3) is 0 Å². The molecule has 4 saturated carbocycles. The van der Waals surface area contributed by atoms with E-state index in [0.29, 0.717) is 38.5 Å². The minimum atomic E-state index is -0.993. The highest BCUT2D eigenvalue weighted by Crippen LogP contribution is 2.68. The van der Waals surface area contributed by atoms with Crippen molar-refractivity contribution in [1.29, 1.82) is 0 Å². The quantitative estimate of drug-likeness (QED) is 0.667. The zero-order valence-corrected chi connectivity index (χ0v) is 18.2. The predicted octanol–water partition coefficient (Wildman–Crippen LogP) is 3.03. The van der Waals surface area contributed by atoms with Gasteiger partial charge in [-0.25, -0.2) is 0 Å². The molecule has 4 aliphatic carbocycles. The molecule has 0 bridgehead atoms. The van der Waals surface area contributed by atoms with E-state index in [4.69, 9.17) is 0 Å². The van der Waals surface area contributed by atoms with Gasteiger partial charge < -0.3 is 15.3 Å². The highest BCUT2D eigenvalue weighted by molar-refractivity contribution is 5.84. The Morgan fingerprint density at radius 1 is 1.10 bits per heavy atom. The van der Waals surface area contributed by atoms with Crippen LogP contribution in [-0.4, -0.2) is 44.7 Å². The minimum Gasteiger partial charge on any atom is -0.390 e. The van der Waals surface area contributed by atoms with Crippen molar-refractivity contribution in [1.82, 2.24) is 0 Å². The van der Waals surface area contributed by atoms with Gasteiger partial charge in [0.15, 0.2) is 0 Å². The van der Waals surface area contributed by atoms with E-state index in [0.717, 1.165) is 25.7 Å². The molecule has 0 aromatic carbocycles. The molecule has 0 aliphatic heterocycles. The third-order valence-electron chi connectivity index (χ3n) is 9.83. The maximum Gasteiger partial charge on any atom is 0.137 e. The van der Waals surface area contributed by atoms with E-state index >= 15 is 0 Å². The van der Waals surface area contributed by atoms with Gasteiger partial charge in [0.25, 0.3) is 0 Å². The summed E-state index contributed by atoms with van der Waals surface area (Å²) in [7, 11) is 0. The molecule has 4 rings (SSSR count). The number of carbonyl (C=O) groups excluding carboxylic acids is 2. The Kier molecular flexibility index (Phi) is 5.28. The number of aliphatic hydroxyl groups excluding tert-OH is 2. The van der Waals surface area contributed by atoms with Crippen LogP contribution in [0.2, 0.25) is 0 Å². The molecule has 0 spiro atoms. The Morgan fingerprint density at radius 3 is 2.52 bits per heavy atom. The molecule has 0 heterocycles. The van der Waals surface area contributed by atoms with Crippen molar-refractivity contribution in [2.75, 3.05) is 0 Å². The van der Waals surface area contributed by atoms with Crippen LogP contribution in [0.5, 0.6) is 0 Å². The maximum atomic E-state index is 13.2. The zero-order chi connectivity index (χ0) is 21.2. The lowest BCUT2D eigenvalue weighted by Crippen LogP contribution is -2.65. The van der Waals surface area contributed by atoms with Crippen LogP contribution in [0.1, 0.15) is 85.0 Å². The first-order chi connectivity index (χ1) is 13.6. The fourth-order valence-corrected chi connectivity index (χ4v) is 8.07. The molecular weight excluding hydrogens is 368 g/mol. The van der Waals surface area contributed by atoms with E-state index in [2.05, 4.69) is 20.8 Å². The Balaban J connectivity index is 1.65. The second-order valence-corrected chi connectivity index (χ2v) is 11.1. The predicted molar refractivity (Wildman–Crippen MR) is 109 cm³/mol. The van der Waals surface area contributed by atoms with Crippen LogP contribution in [0, 0.1) is 34.5 Å². The first kappa shape index (κ1) is 21.5. The second-order valence-electron chi connectivity index (χ2n) is 11.1. The lowest BCUT2D eigenvalue weighted by molar-refractivity contribution is -0.216. The Bertz CT molecular complexity index is 691. The SMILES string of the molecule is CCCCC(=O)[C@H]1CC[C@@]2(O)C3CC(=O)[C@@H]4C[C@@H](O)[C@@H](O)C[C@]4(C)C3CC[C@]12C. The van der Waals surface area contributed by atoms with Gasteiger partial charge in [-0.15, -0.1) is 0 Å². The zero-order valence-electron chi connectivity index (χ0n) is 18.2. The van der Waals surface area contributed by atoms with Crippen LogP contribution >= 0.6 is 0 Å². The summed E-state index contributed by atoms with van der Waals surface area (Å²) in [5, 5.41) is 32.6. The smallest absolute Gasteiger partial charge is 0.137 e. The van der Waals surface area contributed by atoms with E-state index in [1.54, 1.807) is 0 Å². The molecule has 5 nitrogen and oxygen atoms in total. The van der Waals surface area contributed by atoms with Crippen LogP contribution in [0.3, 0.4) is 0 Å². The number of ketones is 2. The number of aliphatic hydroxyl groups is 3. The summed E-state index contributed by atoms with van der Waals surface area (Å²) in [6.07, 6.45) is 4.90. The van der Waals surface area contributed by atoms with Gasteiger partial charge in [-0.05, 0) is 62.2 Å². The van der Waals surface area contributed by atoms with Gasteiger partial charge >= 0.3 is 0 Å². The fourth-order valence-electron chi connectivity index (χ4n) is 8.07. The molecule has 0 amide bonds. The third kappa shape index (κ3) is 2.90. The van der Waals surface area contributed by atoms with Gasteiger partial charge in [0.1, 0.15) is 11.6 Å². The summed E-state index contributed by atoms with van der Waals surface area (Å²) in [5.41, 5.74) is -1.84. The summed E-state index contributed by atoms with van der Waals surface area (Å²) >= 11 is 0. The molecule has 164 valence electrons. The lowest BCUT2D eigenvalue weighted by Gasteiger charge is -2.63. The highest BCUT2D eigenvalue weighted by Gasteiger charge is 2.69. The van der Waals surface area contributed by atoms with Crippen LogP contribution in [-0.2, 0) is 9.59 Å². The summed E-state index contributed by atoms with van der Waals surface area (Å²) in [5.74, 6) is 0.0542. The average molecular weight is 407 g/mol. The molecule has 29 heavy (non-hydrogen) atoms. The molecule has 3 N–H and O–H groups in total. The molecule has 0 aromatic rings. The van der Waals surface area contributed by atoms with Crippen LogP contribution in [0.4, 0.5) is 0 Å². The van der Waals surface area contributed by atoms with Crippen molar-refractivity contribution in [3.63, 3.8) is 0 Å². The molecule has 0 aromatic heterocycles. The monoisotopic (exact) mass is 406 g/mol. The molecular formula is C24H38O5. The van der Waals surface area contributed by atoms with E-state index in [-0.39, 0.29) is 40.7 Å². The average Bonchev–Trinajstić information content (AvgIpc) is 2.94. The Morgan fingerprint density at radius 2 is 1.83 bits per heavy atom. The van der Waals surface area contributed by atoms with Crippen molar-refractivity contribution in [2.24, 2.45) is 34.5 Å². The van der Waals surface area contributed by atoms with Gasteiger partial charge in [-0.3, -0.25) is 9.59 Å². The lowest BCUT2D eigenvalue weighted by atomic mass is 9.42. The number of Topliss-reactive ketones (excluding diaryl/α,β-unsaturated/α-hetero) is 2. The van der Waals surface area contributed by atoms with E-state index < -0.39 is 23.2 Å². The van der Waals surface area contributed by atoms with Crippen molar-refractivity contribution in [2.45, 2.75) is 103 Å². The molecule has 0 saturated heterocycles. The fraction of sp³-hybridized carbons (Fsp3) is 0.917. The third-order valence-corrected chi connectivity index (χ3v) is 9.83. The highest BCUT2D eigenvalue weighted by atomic mass is 16.3. The van der Waals surface area contributed by atoms with E-state index in [9.17, 15) is 24.9 Å². The summed E-state index contributed by atoms with van der Waals surface area (Å²) in [6.45, 7) is 6.26. The minimum absolute atomic E-state index is 0.112. The molecule has 4 aliphatic rings. The normalized spacial score (nSPS) is 51.9. The van der Waals surface area contributed by atoms with E-state index in [1.807, 2.05) is 0 Å². The second kappa shape index (κ2) is 7.13. The Labute approximate surface area is 174 Å². The number of hydrogen-bond acceptors (Lipinski definition) is 5. The van der Waals surface area contributed by atoms with Gasteiger partial charge in [0.05, 0.1) is 17.8 Å². The van der Waals surface area contributed by atoms with E-state index in [1.165, 1.54) is 0 Å². The summed E-state index contributed by atoms with van der Waals surface area (Å²) in [6, 6.07) is 0. The standard InChI is InChI=1S/C24H38O5/c1-4-5-6-18(25)15-8-10-24(29)16-11-19(26)17-12-20(27)21(28)13-22(17,2)14(16)7-9-23(15,24)3/h14-17,20-21,27-29H,4-13H2,1-3H3/t14?,15-,16?,17+,20-,21+,22-,23-,24-/m1/s1. The molecule has 2 unspecified atom stereocenters. The number of carbonyl (C=O) groups is 2. The van der Waals surface area contributed by atoms with Crippen LogP contribution in [0.15, 0.2) is 0 Å². The largest absolute Gasteiger partial charge is 0.390 e. The maximum absolute atomic E-state index is 13.2. The number of rotatable bonds is 4. The van der Waals surface area contributed by atoms with Crippen molar-refractivity contribution in [3.8, 4) is 0 Å². The summed E-state index contributed by atoms with van der Waals surface area (Å²) in [4.78, 5) is 26.1. The van der Waals surface area contributed by atoms with Gasteiger partial charge in [0.2, 0.25) is 0 Å². The molecule has 9 atom stereocenters. The first-order valence-electron chi connectivity index (χ1n) is 11.7. The van der Waals surface area contributed by atoms with Crippen molar-refractivity contribution in [3.05, 3.63) is 0 Å². The number of hydrogen-bond donors (Lipinski definition) is 3. The summed E-state index contributed by atoms with van der Waals surface area (Å²) < 4.78 is 0. The van der Waals surface area contributed by atoms with Gasteiger partial charge in [-0.1, -0.05) is 27.2 Å². The number of fused-ring (bicyclic) bond motifs is 5.